The van der Waals surface area contributed by atoms with Crippen LogP contribution in [-0.4, -0.2) is 25.6 Å². The van der Waals surface area contributed by atoms with Crippen molar-refractivity contribution in [3.63, 3.8) is 0 Å². The number of rotatable bonds is 6. The van der Waals surface area contributed by atoms with Crippen molar-refractivity contribution in [2.75, 3.05) is 7.11 Å². The minimum absolute atomic E-state index is 0.0416. The summed E-state index contributed by atoms with van der Waals surface area (Å²) >= 11 is 0. The van der Waals surface area contributed by atoms with Crippen LogP contribution in [0, 0.1) is 0 Å². The fraction of sp³-hybridized carbons (Fsp3) is 0.500. The van der Waals surface area contributed by atoms with Gasteiger partial charge in [0.25, 0.3) is 0 Å². The van der Waals surface area contributed by atoms with Crippen molar-refractivity contribution < 1.29 is 14.2 Å². The second kappa shape index (κ2) is 7.43. The monoisotopic (exact) mass is 262 g/mol. The Kier molecular flexibility index (Phi) is 5.58. The SMILES string of the molecule is C=CC[C@H]1O[C@H](OC)CC[C@@H]1OCc1ccccc1. The molecule has 1 aliphatic heterocycles. The lowest BCUT2D eigenvalue weighted by Crippen LogP contribution is -2.40. The normalized spacial score (nSPS) is 27.1. The third-order valence-corrected chi connectivity index (χ3v) is 3.40. The molecule has 0 radical (unpaired) electrons. The standard InChI is InChI=1S/C16H22O3/c1-3-7-15-14(10-11-16(17-2)19-15)18-12-13-8-5-4-6-9-13/h3-6,8-9,14-16H,1,7,10-12H2,2H3/t14-,15+,16-/m0/s1. The lowest BCUT2D eigenvalue weighted by molar-refractivity contribution is -0.221. The molecule has 0 aliphatic carbocycles. The van der Waals surface area contributed by atoms with E-state index in [1.54, 1.807) is 7.11 Å². The predicted molar refractivity (Wildman–Crippen MR) is 74.7 cm³/mol. The van der Waals surface area contributed by atoms with Crippen molar-refractivity contribution in [2.45, 2.75) is 44.4 Å². The van der Waals surface area contributed by atoms with Crippen LogP contribution in [0.5, 0.6) is 0 Å². The summed E-state index contributed by atoms with van der Waals surface area (Å²) in [6.07, 6.45) is 4.56. The minimum Gasteiger partial charge on any atom is -0.371 e. The molecule has 3 atom stereocenters. The molecule has 1 aromatic carbocycles. The molecule has 3 nitrogen and oxygen atoms in total. The van der Waals surface area contributed by atoms with Crippen LogP contribution in [0.4, 0.5) is 0 Å². The van der Waals surface area contributed by atoms with Gasteiger partial charge < -0.3 is 14.2 Å². The lowest BCUT2D eigenvalue weighted by atomic mass is 10.0. The number of benzene rings is 1. The van der Waals surface area contributed by atoms with Gasteiger partial charge in [-0.3, -0.25) is 0 Å². The number of hydrogen-bond donors (Lipinski definition) is 0. The van der Waals surface area contributed by atoms with Gasteiger partial charge in [0, 0.05) is 13.5 Å². The first-order valence-electron chi connectivity index (χ1n) is 6.78. The molecular formula is C16H22O3. The molecule has 0 saturated carbocycles. The van der Waals surface area contributed by atoms with Gasteiger partial charge in [-0.2, -0.15) is 0 Å². The molecule has 19 heavy (non-hydrogen) atoms. The number of ether oxygens (including phenoxy) is 3. The van der Waals surface area contributed by atoms with Crippen LogP contribution in [0.15, 0.2) is 43.0 Å². The average Bonchev–Trinajstić information content (AvgIpc) is 2.47. The van der Waals surface area contributed by atoms with E-state index >= 15 is 0 Å². The van der Waals surface area contributed by atoms with Crippen molar-refractivity contribution in [1.82, 2.24) is 0 Å². The van der Waals surface area contributed by atoms with E-state index in [9.17, 15) is 0 Å². The van der Waals surface area contributed by atoms with E-state index in [0.29, 0.717) is 6.61 Å². The van der Waals surface area contributed by atoms with Gasteiger partial charge >= 0.3 is 0 Å². The first kappa shape index (κ1) is 14.3. The van der Waals surface area contributed by atoms with Gasteiger partial charge in [-0.15, -0.1) is 6.58 Å². The fourth-order valence-corrected chi connectivity index (χ4v) is 2.35. The van der Waals surface area contributed by atoms with Gasteiger partial charge in [-0.25, -0.2) is 0 Å². The van der Waals surface area contributed by atoms with Gasteiger partial charge in [-0.05, 0) is 18.4 Å². The summed E-state index contributed by atoms with van der Waals surface area (Å²) in [5, 5.41) is 0. The van der Waals surface area contributed by atoms with Crippen LogP contribution in [0.3, 0.4) is 0 Å². The second-order valence-corrected chi connectivity index (χ2v) is 4.78. The summed E-state index contributed by atoms with van der Waals surface area (Å²) in [7, 11) is 1.68. The maximum Gasteiger partial charge on any atom is 0.157 e. The van der Waals surface area contributed by atoms with Crippen molar-refractivity contribution in [3.8, 4) is 0 Å². The molecule has 0 unspecified atom stereocenters. The summed E-state index contributed by atoms with van der Waals surface area (Å²) in [5.41, 5.74) is 1.19. The Morgan fingerprint density at radius 3 is 2.79 bits per heavy atom. The maximum atomic E-state index is 6.00. The fourth-order valence-electron chi connectivity index (χ4n) is 2.35. The third-order valence-electron chi connectivity index (χ3n) is 3.40. The summed E-state index contributed by atoms with van der Waals surface area (Å²) in [4.78, 5) is 0. The van der Waals surface area contributed by atoms with Gasteiger partial charge in [0.05, 0.1) is 18.8 Å². The van der Waals surface area contributed by atoms with Crippen molar-refractivity contribution in [3.05, 3.63) is 48.6 Å². The highest BCUT2D eigenvalue weighted by atomic mass is 16.7. The first-order chi connectivity index (χ1) is 9.33. The van der Waals surface area contributed by atoms with E-state index in [-0.39, 0.29) is 18.5 Å². The topological polar surface area (TPSA) is 27.7 Å². The number of hydrogen-bond acceptors (Lipinski definition) is 3. The molecule has 0 spiro atoms. The lowest BCUT2D eigenvalue weighted by Gasteiger charge is -2.35. The third kappa shape index (κ3) is 4.16. The Balaban J connectivity index is 1.88. The highest BCUT2D eigenvalue weighted by Gasteiger charge is 2.31. The molecule has 104 valence electrons. The Hall–Kier alpha value is -1.16. The largest absolute Gasteiger partial charge is 0.371 e. The Morgan fingerprint density at radius 1 is 1.32 bits per heavy atom. The van der Waals surface area contributed by atoms with E-state index in [1.165, 1.54) is 5.56 Å². The summed E-state index contributed by atoms with van der Waals surface area (Å²) in [6, 6.07) is 10.2. The number of methoxy groups -OCH3 is 1. The van der Waals surface area contributed by atoms with Crippen LogP contribution in [0.25, 0.3) is 0 Å². The van der Waals surface area contributed by atoms with Crippen molar-refractivity contribution >= 4 is 0 Å². The summed E-state index contributed by atoms with van der Waals surface area (Å²) in [5.74, 6) is 0. The molecule has 0 N–H and O–H groups in total. The minimum atomic E-state index is -0.110. The molecule has 1 aromatic rings. The van der Waals surface area contributed by atoms with Gasteiger partial charge in [0.15, 0.2) is 6.29 Å². The van der Waals surface area contributed by atoms with Crippen molar-refractivity contribution in [2.24, 2.45) is 0 Å². The predicted octanol–water partition coefficient (Wildman–Crippen LogP) is 3.30. The Morgan fingerprint density at radius 2 is 2.11 bits per heavy atom. The Bertz CT molecular complexity index is 377. The molecule has 1 fully saturated rings. The zero-order chi connectivity index (χ0) is 13.5. The van der Waals surface area contributed by atoms with E-state index in [2.05, 4.69) is 18.7 Å². The van der Waals surface area contributed by atoms with Crippen molar-refractivity contribution in [1.29, 1.82) is 0 Å². The molecular weight excluding hydrogens is 240 g/mol. The molecule has 0 aromatic heterocycles. The van der Waals surface area contributed by atoms with E-state index in [4.69, 9.17) is 14.2 Å². The smallest absolute Gasteiger partial charge is 0.157 e. The molecule has 3 heteroatoms. The quantitative estimate of drug-likeness (QED) is 0.736. The molecule has 0 bridgehead atoms. The van der Waals surface area contributed by atoms with Crippen LogP contribution in [0.2, 0.25) is 0 Å². The Labute approximate surface area is 115 Å². The van der Waals surface area contributed by atoms with E-state index < -0.39 is 0 Å². The second-order valence-electron chi connectivity index (χ2n) is 4.78. The zero-order valence-electron chi connectivity index (χ0n) is 11.5. The molecule has 0 amide bonds. The van der Waals surface area contributed by atoms with Gasteiger partial charge in [-0.1, -0.05) is 36.4 Å². The van der Waals surface area contributed by atoms with E-state index in [1.807, 2.05) is 24.3 Å². The van der Waals surface area contributed by atoms with Crippen LogP contribution >= 0.6 is 0 Å². The van der Waals surface area contributed by atoms with Gasteiger partial charge in [0.1, 0.15) is 0 Å². The molecule has 2 rings (SSSR count). The molecule has 1 aliphatic rings. The maximum absolute atomic E-state index is 6.00. The summed E-state index contributed by atoms with van der Waals surface area (Å²) < 4.78 is 17.1. The first-order valence-corrected chi connectivity index (χ1v) is 6.78. The van der Waals surface area contributed by atoms with Crippen LogP contribution in [-0.2, 0) is 20.8 Å². The molecule has 1 saturated heterocycles. The zero-order valence-corrected chi connectivity index (χ0v) is 11.5. The highest BCUT2D eigenvalue weighted by molar-refractivity contribution is 5.13. The average molecular weight is 262 g/mol. The summed E-state index contributed by atoms with van der Waals surface area (Å²) in [6.45, 7) is 4.41. The van der Waals surface area contributed by atoms with Gasteiger partial charge in [0.2, 0.25) is 0 Å². The molecule has 1 heterocycles. The van der Waals surface area contributed by atoms with Crippen LogP contribution < -0.4 is 0 Å². The van der Waals surface area contributed by atoms with E-state index in [0.717, 1.165) is 19.3 Å². The highest BCUT2D eigenvalue weighted by Crippen LogP contribution is 2.25. The van der Waals surface area contributed by atoms with Crippen LogP contribution in [0.1, 0.15) is 24.8 Å².